The molecule has 0 spiro atoms. The molecule has 0 bridgehead atoms. The van der Waals surface area contributed by atoms with Crippen molar-refractivity contribution in [3.63, 3.8) is 0 Å². The summed E-state index contributed by atoms with van der Waals surface area (Å²) in [6.45, 7) is 3.61. The highest BCUT2D eigenvalue weighted by molar-refractivity contribution is 6.30. The zero-order valence-corrected chi connectivity index (χ0v) is 18.1. The van der Waals surface area contributed by atoms with E-state index in [2.05, 4.69) is 5.32 Å². The molecular weight excluding hydrogens is 404 g/mol. The fourth-order valence-corrected chi connectivity index (χ4v) is 4.05. The molecule has 1 heterocycles. The first-order chi connectivity index (χ1) is 14.3. The highest BCUT2D eigenvalue weighted by Crippen LogP contribution is 2.45. The second-order valence-corrected chi connectivity index (χ2v) is 8.31. The predicted molar refractivity (Wildman–Crippen MR) is 115 cm³/mol. The van der Waals surface area contributed by atoms with Crippen LogP contribution in [-0.2, 0) is 16.0 Å². The molecule has 1 aliphatic heterocycles. The Bertz CT molecular complexity index is 890. The van der Waals surface area contributed by atoms with E-state index < -0.39 is 23.8 Å². The summed E-state index contributed by atoms with van der Waals surface area (Å²) in [5.41, 5.74) is 1.04. The quantitative estimate of drug-likeness (QED) is 0.515. The Morgan fingerprint density at radius 2 is 1.87 bits per heavy atom. The molecule has 0 aliphatic carbocycles. The second kappa shape index (κ2) is 9.16. The van der Waals surface area contributed by atoms with Gasteiger partial charge in [-0.05, 0) is 49.9 Å². The fraction of sp³-hybridized carbons (Fsp3) is 0.391. The normalized spacial score (nSPS) is 22.9. The number of β-lactam (4-membered cyclic amide) rings is 1. The number of aliphatic hydroxyl groups is 1. The smallest absolute Gasteiger partial charge is 0.325 e. The van der Waals surface area contributed by atoms with Crippen molar-refractivity contribution in [3.05, 3.63) is 70.7 Å². The Labute approximate surface area is 181 Å². The third-order valence-electron chi connectivity index (χ3n) is 5.85. The zero-order valence-electron chi connectivity index (χ0n) is 17.3. The van der Waals surface area contributed by atoms with E-state index in [4.69, 9.17) is 16.3 Å². The molecule has 2 aromatic carbocycles. The van der Waals surface area contributed by atoms with E-state index >= 15 is 0 Å². The lowest BCUT2D eigenvalue weighted by Gasteiger charge is -2.54. The molecule has 2 aromatic rings. The number of hydrogen-bond acceptors (Lipinski definition) is 4. The summed E-state index contributed by atoms with van der Waals surface area (Å²) in [5.74, 6) is -0.324. The van der Waals surface area contributed by atoms with Crippen molar-refractivity contribution in [2.75, 3.05) is 7.11 Å². The maximum absolute atomic E-state index is 13.0. The van der Waals surface area contributed by atoms with Gasteiger partial charge in [0.2, 0.25) is 5.91 Å². The standard InChI is InChI=1S/C23H27ClN2O4/c1-15(17-7-5-4-6-8-17)25-22(29)26-19(20(27)30-3)23(2,21(26)28)14-13-16-9-11-18(24)12-10-16/h4-12,15,19-20,27H,13-14H2,1-3H3,(H,25,29). The van der Waals surface area contributed by atoms with Crippen LogP contribution in [0.15, 0.2) is 54.6 Å². The van der Waals surface area contributed by atoms with Crippen LogP contribution in [0.3, 0.4) is 0 Å². The van der Waals surface area contributed by atoms with Gasteiger partial charge in [0.05, 0.1) is 11.5 Å². The zero-order chi connectivity index (χ0) is 21.9. The summed E-state index contributed by atoms with van der Waals surface area (Å²) in [4.78, 5) is 27.0. The SMILES string of the molecule is COC(O)C1N(C(=O)NC(C)c2ccccc2)C(=O)C1(C)CCc1ccc(Cl)cc1. The van der Waals surface area contributed by atoms with Crippen molar-refractivity contribution in [3.8, 4) is 0 Å². The Morgan fingerprint density at radius 1 is 1.23 bits per heavy atom. The number of aliphatic hydroxyl groups excluding tert-OH is 1. The molecule has 1 saturated heterocycles. The number of halogens is 1. The molecule has 0 aromatic heterocycles. The number of amides is 3. The number of nitrogens with zero attached hydrogens (tertiary/aromatic N) is 1. The van der Waals surface area contributed by atoms with Crippen molar-refractivity contribution in [1.29, 1.82) is 0 Å². The molecule has 4 atom stereocenters. The number of imide groups is 1. The van der Waals surface area contributed by atoms with Crippen LogP contribution >= 0.6 is 11.6 Å². The lowest BCUT2D eigenvalue weighted by Crippen LogP contribution is -2.74. The molecule has 4 unspecified atom stereocenters. The summed E-state index contributed by atoms with van der Waals surface area (Å²) in [5, 5.41) is 13.9. The van der Waals surface area contributed by atoms with Gasteiger partial charge in [-0.2, -0.15) is 0 Å². The molecule has 3 amide bonds. The van der Waals surface area contributed by atoms with Gasteiger partial charge in [-0.1, -0.05) is 54.1 Å². The minimum absolute atomic E-state index is 0.284. The number of aryl methyl sites for hydroxylation is 1. The van der Waals surface area contributed by atoms with Crippen LogP contribution in [0.4, 0.5) is 4.79 Å². The van der Waals surface area contributed by atoms with Gasteiger partial charge < -0.3 is 15.2 Å². The summed E-state index contributed by atoms with van der Waals surface area (Å²) >= 11 is 5.93. The van der Waals surface area contributed by atoms with Crippen molar-refractivity contribution in [1.82, 2.24) is 10.2 Å². The minimum atomic E-state index is -1.27. The number of urea groups is 1. The minimum Gasteiger partial charge on any atom is -0.366 e. The fourth-order valence-electron chi connectivity index (χ4n) is 3.93. The maximum Gasteiger partial charge on any atom is 0.325 e. The van der Waals surface area contributed by atoms with E-state index in [1.807, 2.05) is 49.4 Å². The van der Waals surface area contributed by atoms with Crippen LogP contribution in [0.1, 0.15) is 37.4 Å². The van der Waals surface area contributed by atoms with Crippen LogP contribution in [0, 0.1) is 5.41 Å². The second-order valence-electron chi connectivity index (χ2n) is 7.87. The van der Waals surface area contributed by atoms with Crippen LogP contribution in [0.5, 0.6) is 0 Å². The summed E-state index contributed by atoms with van der Waals surface area (Å²) in [6.07, 6.45) is -0.186. The highest BCUT2D eigenvalue weighted by atomic mass is 35.5. The molecule has 0 radical (unpaired) electrons. The molecule has 160 valence electrons. The summed E-state index contributed by atoms with van der Waals surface area (Å²) in [6, 6.07) is 15.3. The van der Waals surface area contributed by atoms with E-state index in [1.165, 1.54) is 7.11 Å². The molecule has 3 rings (SSSR count). The van der Waals surface area contributed by atoms with Crippen LogP contribution in [0.25, 0.3) is 0 Å². The molecule has 6 nitrogen and oxygen atoms in total. The Kier molecular flexibility index (Phi) is 6.81. The van der Waals surface area contributed by atoms with Crippen LogP contribution in [-0.4, -0.2) is 41.4 Å². The Balaban J connectivity index is 1.72. The number of methoxy groups -OCH3 is 1. The van der Waals surface area contributed by atoms with Crippen molar-refractivity contribution >= 4 is 23.5 Å². The average Bonchev–Trinajstić information content (AvgIpc) is 2.76. The third-order valence-corrected chi connectivity index (χ3v) is 6.11. The molecule has 2 N–H and O–H groups in total. The van der Waals surface area contributed by atoms with Gasteiger partial charge in [-0.15, -0.1) is 0 Å². The van der Waals surface area contributed by atoms with Crippen molar-refractivity contribution < 1.29 is 19.4 Å². The first kappa shape index (κ1) is 22.3. The lowest BCUT2D eigenvalue weighted by atomic mass is 9.68. The third kappa shape index (κ3) is 4.36. The number of hydrogen-bond donors (Lipinski definition) is 2. The lowest BCUT2D eigenvalue weighted by molar-refractivity contribution is -0.204. The van der Waals surface area contributed by atoms with Gasteiger partial charge in [0.15, 0.2) is 6.29 Å². The first-order valence-electron chi connectivity index (χ1n) is 9.92. The molecule has 7 heteroatoms. The average molecular weight is 431 g/mol. The molecule has 0 saturated carbocycles. The number of nitrogens with one attached hydrogen (secondary N) is 1. The molecule has 1 fully saturated rings. The Hall–Kier alpha value is -2.41. The van der Waals surface area contributed by atoms with Gasteiger partial charge in [0, 0.05) is 12.1 Å². The van der Waals surface area contributed by atoms with Crippen LogP contribution < -0.4 is 5.32 Å². The number of carbonyl (C=O) groups is 2. The van der Waals surface area contributed by atoms with Gasteiger partial charge in [-0.25, -0.2) is 4.79 Å². The largest absolute Gasteiger partial charge is 0.366 e. The topological polar surface area (TPSA) is 78.9 Å². The van der Waals surface area contributed by atoms with Crippen molar-refractivity contribution in [2.24, 2.45) is 5.41 Å². The molecule has 1 aliphatic rings. The number of carbonyl (C=O) groups excluding carboxylic acids is 2. The molecule has 30 heavy (non-hydrogen) atoms. The summed E-state index contributed by atoms with van der Waals surface area (Å²) in [7, 11) is 1.36. The van der Waals surface area contributed by atoms with E-state index in [1.54, 1.807) is 19.1 Å². The first-order valence-corrected chi connectivity index (χ1v) is 10.3. The summed E-state index contributed by atoms with van der Waals surface area (Å²) < 4.78 is 5.10. The van der Waals surface area contributed by atoms with Crippen molar-refractivity contribution in [2.45, 2.75) is 45.1 Å². The van der Waals surface area contributed by atoms with E-state index in [0.29, 0.717) is 17.9 Å². The monoisotopic (exact) mass is 430 g/mol. The maximum atomic E-state index is 13.0. The van der Waals surface area contributed by atoms with E-state index in [9.17, 15) is 14.7 Å². The Morgan fingerprint density at radius 3 is 2.47 bits per heavy atom. The van der Waals surface area contributed by atoms with Gasteiger partial charge in [0.1, 0.15) is 6.04 Å². The molecular formula is C23H27ClN2O4. The van der Waals surface area contributed by atoms with Gasteiger partial charge >= 0.3 is 6.03 Å². The highest BCUT2D eigenvalue weighted by Gasteiger charge is 2.62. The number of benzene rings is 2. The number of rotatable bonds is 7. The van der Waals surface area contributed by atoms with Crippen LogP contribution in [0.2, 0.25) is 5.02 Å². The van der Waals surface area contributed by atoms with Gasteiger partial charge in [0.25, 0.3) is 0 Å². The number of likely N-dealkylation sites (tertiary alicyclic amines) is 1. The van der Waals surface area contributed by atoms with E-state index in [-0.39, 0.29) is 11.9 Å². The van der Waals surface area contributed by atoms with Gasteiger partial charge in [-0.3, -0.25) is 9.69 Å². The van der Waals surface area contributed by atoms with E-state index in [0.717, 1.165) is 16.0 Å². The predicted octanol–water partition coefficient (Wildman–Crippen LogP) is 3.93. The number of ether oxygens (including phenoxy) is 1.